The van der Waals surface area contributed by atoms with E-state index in [2.05, 4.69) is 5.48 Å². The fraction of sp³-hybridized carbons (Fsp3) is 0.500. The molecule has 0 aromatic rings. The van der Waals surface area contributed by atoms with E-state index < -0.39 is 5.97 Å². The lowest BCUT2D eigenvalue weighted by molar-refractivity contribution is -0.132. The molecule has 0 radical (unpaired) electrons. The van der Waals surface area contributed by atoms with Crippen LogP contribution < -0.4 is 5.48 Å². The minimum Gasteiger partial charge on any atom is -0.478 e. The highest BCUT2D eigenvalue weighted by Gasteiger charge is 2.08. The topological polar surface area (TPSA) is 58.6 Å². The molecule has 0 fully saturated rings. The zero-order valence-electron chi connectivity index (χ0n) is 5.46. The normalized spacial score (nSPS) is 19.4. The third kappa shape index (κ3) is 1.82. The number of aliphatic carboxylic acids is 1. The van der Waals surface area contributed by atoms with Gasteiger partial charge in [0.05, 0.1) is 13.2 Å². The molecule has 1 aliphatic heterocycles. The first kappa shape index (κ1) is 7.24. The van der Waals surface area contributed by atoms with Gasteiger partial charge in [-0.15, -0.1) is 0 Å². The second kappa shape index (κ2) is 3.34. The average Bonchev–Trinajstić information content (AvgIpc) is 2.12. The standard InChI is InChI=1S/C6H9NO3/c8-6(9)5-2-1-3-10-7-4-5/h2,7H,1,3-4H2,(H,8,9). The van der Waals surface area contributed by atoms with Gasteiger partial charge in [-0.2, -0.15) is 5.48 Å². The molecule has 0 aliphatic carbocycles. The zero-order chi connectivity index (χ0) is 7.40. The van der Waals surface area contributed by atoms with Gasteiger partial charge in [-0.1, -0.05) is 6.08 Å². The summed E-state index contributed by atoms with van der Waals surface area (Å²) in [7, 11) is 0. The van der Waals surface area contributed by atoms with Gasteiger partial charge < -0.3 is 9.94 Å². The third-order valence-corrected chi connectivity index (χ3v) is 1.25. The lowest BCUT2D eigenvalue weighted by Gasteiger charge is -1.98. The lowest BCUT2D eigenvalue weighted by Crippen LogP contribution is -2.19. The predicted molar refractivity (Wildman–Crippen MR) is 34.3 cm³/mol. The van der Waals surface area contributed by atoms with E-state index in [0.29, 0.717) is 18.6 Å². The van der Waals surface area contributed by atoms with Crippen molar-refractivity contribution in [2.45, 2.75) is 6.42 Å². The molecule has 1 rings (SSSR count). The maximum absolute atomic E-state index is 10.3. The molecule has 0 saturated heterocycles. The Labute approximate surface area is 58.4 Å². The molecular weight excluding hydrogens is 134 g/mol. The minimum atomic E-state index is -0.877. The smallest absolute Gasteiger partial charge is 0.332 e. The van der Waals surface area contributed by atoms with E-state index in [-0.39, 0.29) is 6.54 Å². The van der Waals surface area contributed by atoms with Crippen molar-refractivity contribution in [1.82, 2.24) is 5.48 Å². The molecule has 0 bridgehead atoms. The summed E-state index contributed by atoms with van der Waals surface area (Å²) >= 11 is 0. The van der Waals surface area contributed by atoms with Crippen molar-refractivity contribution in [3.8, 4) is 0 Å². The number of carboxylic acids is 1. The predicted octanol–water partition coefficient (Wildman–Crippen LogP) is -0.0777. The van der Waals surface area contributed by atoms with Crippen molar-refractivity contribution in [3.63, 3.8) is 0 Å². The monoisotopic (exact) mass is 143 g/mol. The molecule has 0 aromatic heterocycles. The molecule has 4 nitrogen and oxygen atoms in total. The Bertz CT molecular complexity index is 164. The highest BCUT2D eigenvalue weighted by molar-refractivity contribution is 5.86. The van der Waals surface area contributed by atoms with E-state index in [0.717, 1.165) is 0 Å². The van der Waals surface area contributed by atoms with Gasteiger partial charge in [0.1, 0.15) is 0 Å². The second-order valence-corrected chi connectivity index (χ2v) is 1.99. The molecule has 1 heterocycles. The molecule has 0 spiro atoms. The molecule has 56 valence electrons. The Balaban J connectivity index is 2.54. The SMILES string of the molecule is O=C(O)C1=CCCONC1. The summed E-state index contributed by atoms with van der Waals surface area (Å²) in [6, 6.07) is 0. The van der Waals surface area contributed by atoms with E-state index in [9.17, 15) is 4.79 Å². The lowest BCUT2D eigenvalue weighted by atomic mass is 10.2. The van der Waals surface area contributed by atoms with Crippen molar-refractivity contribution >= 4 is 5.97 Å². The second-order valence-electron chi connectivity index (χ2n) is 1.99. The quantitative estimate of drug-likeness (QED) is 0.539. The summed E-state index contributed by atoms with van der Waals surface area (Å²) in [5.74, 6) is -0.877. The molecule has 4 heteroatoms. The van der Waals surface area contributed by atoms with Crippen LogP contribution in [0.2, 0.25) is 0 Å². The maximum Gasteiger partial charge on any atom is 0.332 e. The Hall–Kier alpha value is -0.870. The van der Waals surface area contributed by atoms with Gasteiger partial charge in [-0.3, -0.25) is 0 Å². The summed E-state index contributed by atoms with van der Waals surface area (Å²) < 4.78 is 0. The van der Waals surface area contributed by atoms with Crippen molar-refractivity contribution in [3.05, 3.63) is 11.6 Å². The van der Waals surface area contributed by atoms with E-state index in [1.807, 2.05) is 0 Å². The first-order valence-corrected chi connectivity index (χ1v) is 3.07. The van der Waals surface area contributed by atoms with Gasteiger partial charge in [0, 0.05) is 5.57 Å². The maximum atomic E-state index is 10.3. The van der Waals surface area contributed by atoms with E-state index in [1.54, 1.807) is 6.08 Å². The number of hydroxylamine groups is 1. The molecular formula is C6H9NO3. The number of hydrogen-bond acceptors (Lipinski definition) is 3. The molecule has 0 amide bonds. The summed E-state index contributed by atoms with van der Waals surface area (Å²) in [5, 5.41) is 8.50. The van der Waals surface area contributed by atoms with Crippen LogP contribution in [0.3, 0.4) is 0 Å². The number of carboxylic acid groups (broad SMARTS) is 1. The van der Waals surface area contributed by atoms with Crippen molar-refractivity contribution < 1.29 is 14.7 Å². The van der Waals surface area contributed by atoms with Crippen molar-refractivity contribution in [2.24, 2.45) is 0 Å². The van der Waals surface area contributed by atoms with Crippen LogP contribution in [-0.4, -0.2) is 24.2 Å². The Morgan fingerprint density at radius 1 is 1.80 bits per heavy atom. The molecule has 0 unspecified atom stereocenters. The number of rotatable bonds is 1. The van der Waals surface area contributed by atoms with E-state index >= 15 is 0 Å². The molecule has 2 N–H and O–H groups in total. The van der Waals surface area contributed by atoms with Crippen molar-refractivity contribution in [2.75, 3.05) is 13.2 Å². The van der Waals surface area contributed by atoms with Crippen LogP contribution in [0.25, 0.3) is 0 Å². The molecule has 0 aromatic carbocycles. The van der Waals surface area contributed by atoms with Crippen LogP contribution in [0.1, 0.15) is 6.42 Å². The van der Waals surface area contributed by atoms with Gasteiger partial charge in [0.25, 0.3) is 0 Å². The summed E-state index contributed by atoms with van der Waals surface area (Å²) in [4.78, 5) is 15.2. The Morgan fingerprint density at radius 3 is 3.30 bits per heavy atom. The number of nitrogens with one attached hydrogen (secondary N) is 1. The van der Waals surface area contributed by atoms with Crippen LogP contribution in [0, 0.1) is 0 Å². The Kier molecular flexibility index (Phi) is 2.42. The van der Waals surface area contributed by atoms with Crippen LogP contribution >= 0.6 is 0 Å². The van der Waals surface area contributed by atoms with Gasteiger partial charge in [0.2, 0.25) is 0 Å². The van der Waals surface area contributed by atoms with E-state index in [4.69, 9.17) is 9.94 Å². The van der Waals surface area contributed by atoms with Crippen LogP contribution in [-0.2, 0) is 9.63 Å². The third-order valence-electron chi connectivity index (χ3n) is 1.25. The summed E-state index contributed by atoms with van der Waals surface area (Å²) in [5.41, 5.74) is 2.90. The summed E-state index contributed by atoms with van der Waals surface area (Å²) in [6.07, 6.45) is 2.33. The number of carbonyl (C=O) groups is 1. The minimum absolute atomic E-state index is 0.287. The first-order chi connectivity index (χ1) is 4.80. The van der Waals surface area contributed by atoms with Gasteiger partial charge in [-0.05, 0) is 6.42 Å². The van der Waals surface area contributed by atoms with E-state index in [1.165, 1.54) is 0 Å². The fourth-order valence-electron chi connectivity index (χ4n) is 0.728. The van der Waals surface area contributed by atoms with Crippen LogP contribution in [0.5, 0.6) is 0 Å². The highest BCUT2D eigenvalue weighted by atomic mass is 16.6. The van der Waals surface area contributed by atoms with Crippen LogP contribution in [0.15, 0.2) is 11.6 Å². The molecule has 0 saturated carbocycles. The van der Waals surface area contributed by atoms with Gasteiger partial charge in [-0.25, -0.2) is 4.79 Å². The fourth-order valence-corrected chi connectivity index (χ4v) is 0.728. The van der Waals surface area contributed by atoms with Crippen LogP contribution in [0.4, 0.5) is 0 Å². The first-order valence-electron chi connectivity index (χ1n) is 3.07. The largest absolute Gasteiger partial charge is 0.478 e. The number of hydrogen-bond donors (Lipinski definition) is 2. The summed E-state index contributed by atoms with van der Waals surface area (Å²) in [6.45, 7) is 0.826. The van der Waals surface area contributed by atoms with Gasteiger partial charge >= 0.3 is 5.97 Å². The molecule has 0 atom stereocenters. The zero-order valence-corrected chi connectivity index (χ0v) is 5.46. The Morgan fingerprint density at radius 2 is 2.60 bits per heavy atom. The highest BCUT2D eigenvalue weighted by Crippen LogP contribution is 1.99. The van der Waals surface area contributed by atoms with Gasteiger partial charge in [0.15, 0.2) is 0 Å². The van der Waals surface area contributed by atoms with Crippen molar-refractivity contribution in [1.29, 1.82) is 0 Å². The molecule has 10 heavy (non-hydrogen) atoms. The molecule has 1 aliphatic rings. The average molecular weight is 143 g/mol.